The van der Waals surface area contributed by atoms with Gasteiger partial charge >= 0.3 is 15.2 Å². The van der Waals surface area contributed by atoms with Crippen LogP contribution in [0.15, 0.2) is 25.3 Å². The van der Waals surface area contributed by atoms with E-state index in [2.05, 4.69) is 43.8 Å². The van der Waals surface area contributed by atoms with E-state index in [1.54, 1.807) is 15.5 Å². The largest absolute Gasteiger partial charge is 0.396 e. The highest BCUT2D eigenvalue weighted by Gasteiger charge is 2.20. The first kappa shape index (κ1) is 69.9. The van der Waals surface area contributed by atoms with E-state index in [0.29, 0.717) is 54.3 Å². The molecule has 23 heteroatoms. The van der Waals surface area contributed by atoms with Gasteiger partial charge in [-0.3, -0.25) is 9.13 Å². The topological polar surface area (TPSA) is 300 Å². The summed E-state index contributed by atoms with van der Waals surface area (Å²) in [6.45, 7) is 8.95. The minimum Gasteiger partial charge on any atom is -0.396 e. The molecule has 0 bridgehead atoms. The molecule has 0 saturated heterocycles. The highest BCUT2D eigenvalue weighted by atomic mass is 31.2. The Morgan fingerprint density at radius 2 is 0.779 bits per heavy atom. The molecule has 0 aliphatic carbocycles. The maximum absolute atomic E-state index is 12.1. The number of hydrogen-bond acceptors (Lipinski definition) is 16. The highest BCUT2D eigenvalue weighted by molar-refractivity contribution is 7.52. The van der Waals surface area contributed by atoms with Gasteiger partial charge in [0.1, 0.15) is 36.4 Å². The van der Waals surface area contributed by atoms with Crippen molar-refractivity contribution >= 4 is 49.2 Å². The van der Waals surface area contributed by atoms with E-state index in [9.17, 15) is 14.0 Å². The van der Waals surface area contributed by atoms with Gasteiger partial charge in [0.05, 0.1) is 32.5 Å². The van der Waals surface area contributed by atoms with Crippen LogP contribution in [0.1, 0.15) is 206 Å². The van der Waals surface area contributed by atoms with Crippen LogP contribution < -0.4 is 11.5 Å². The van der Waals surface area contributed by atoms with Gasteiger partial charge in [0.15, 0.2) is 22.9 Å². The van der Waals surface area contributed by atoms with E-state index in [1.165, 1.54) is 192 Å². The number of imidazole rings is 2. The van der Waals surface area contributed by atoms with Crippen molar-refractivity contribution < 1.29 is 52.4 Å². The van der Waals surface area contributed by atoms with E-state index in [1.807, 2.05) is 0 Å². The zero-order valence-electron chi connectivity index (χ0n) is 47.3. The Bertz CT molecular complexity index is 2080. The number of unbranched alkanes of at least 4 members (excludes halogenated alkanes) is 26. The highest BCUT2D eigenvalue weighted by Crippen LogP contribution is 2.41. The van der Waals surface area contributed by atoms with Crippen molar-refractivity contribution in [2.45, 2.75) is 220 Å². The number of aliphatic hydroxyl groups is 1. The van der Waals surface area contributed by atoms with Gasteiger partial charge in [-0.25, -0.2) is 29.9 Å². The Balaban J connectivity index is 0.000000437. The standard InChI is InChI=1S/C27H50N5O5P.C19H40O2.C8H12N5O4P/c1-2-3-4-5-6-7-8-9-10-11-12-13-14-15-18-35-19-16-20-37-38(33,34)24-36-21-17-32-23-31-25-26(28)29-22-30-27(25)32;1-2-3-4-5-6-7-8-9-10-11-12-13-14-15-18-21-19-16-17-20;9-7-6-8(11-3-10-7)13(4-12-6)1-2-17-5-18(14,15)16/h22-23H,2-21,24H2,1H3,(H,33,34)(H2,28,29,30);20H,2-19H2,1H3;3-4H,1-2,5H2,(H2,9,10,11)(H2,14,15,16). The number of aromatic nitrogens is 8. The lowest BCUT2D eigenvalue weighted by Gasteiger charge is -2.13. The summed E-state index contributed by atoms with van der Waals surface area (Å²) >= 11 is 0. The molecule has 8 N–H and O–H groups in total. The molecule has 0 spiro atoms. The number of rotatable bonds is 48. The van der Waals surface area contributed by atoms with Crippen molar-refractivity contribution in [2.75, 3.05) is 77.0 Å². The number of nitrogen functional groups attached to an aromatic ring is 2. The van der Waals surface area contributed by atoms with Crippen LogP contribution in [0, 0.1) is 0 Å². The zero-order chi connectivity index (χ0) is 55.9. The molecule has 1 atom stereocenters. The van der Waals surface area contributed by atoms with Crippen molar-refractivity contribution in [1.82, 2.24) is 39.0 Å². The molecule has 0 fully saturated rings. The lowest BCUT2D eigenvalue weighted by molar-refractivity contribution is 0.106. The molecule has 4 aromatic heterocycles. The molecule has 0 amide bonds. The van der Waals surface area contributed by atoms with Crippen LogP contribution in [-0.2, 0) is 45.7 Å². The smallest absolute Gasteiger partial charge is 0.353 e. The number of hydrogen-bond donors (Lipinski definition) is 6. The molecule has 0 aliphatic rings. The molecular weight excluding hydrogens is 1030 g/mol. The lowest BCUT2D eigenvalue weighted by atomic mass is 10.0. The molecule has 444 valence electrons. The first-order valence-electron chi connectivity index (χ1n) is 29.2. The molecule has 0 aromatic carbocycles. The summed E-state index contributed by atoms with van der Waals surface area (Å²) in [5.41, 5.74) is 13.6. The summed E-state index contributed by atoms with van der Waals surface area (Å²) in [5, 5.41) is 8.61. The molecule has 0 saturated carbocycles. The molecule has 0 aliphatic heterocycles. The van der Waals surface area contributed by atoms with Crippen LogP contribution in [0.4, 0.5) is 11.6 Å². The molecule has 4 heterocycles. The summed E-state index contributed by atoms with van der Waals surface area (Å²) in [6.07, 6.45) is 44.5. The molecule has 4 rings (SSSR count). The van der Waals surface area contributed by atoms with Crippen LogP contribution in [0.25, 0.3) is 22.3 Å². The Morgan fingerprint density at radius 1 is 0.429 bits per heavy atom. The number of aliphatic hydroxyl groups excluding tert-OH is 1. The van der Waals surface area contributed by atoms with Gasteiger partial charge < -0.3 is 63.9 Å². The lowest BCUT2D eigenvalue weighted by Crippen LogP contribution is -2.08. The van der Waals surface area contributed by atoms with Crippen LogP contribution in [0.3, 0.4) is 0 Å². The zero-order valence-corrected chi connectivity index (χ0v) is 49.1. The summed E-state index contributed by atoms with van der Waals surface area (Å²) in [7, 11) is -7.92. The molecule has 77 heavy (non-hydrogen) atoms. The SMILES string of the molecule is CCCCCCCCCCCCCCCCOCCCO.CCCCCCCCCCCCCCCCOCCCOP(=O)(O)COCCn1cnc2c(N)ncnc21.Nc1ncnc2c1ncn2CCOCP(=O)(O)O. The third-order valence-electron chi connectivity index (χ3n) is 12.8. The Labute approximate surface area is 460 Å². The average Bonchev–Trinajstić information content (AvgIpc) is 4.06. The van der Waals surface area contributed by atoms with Crippen molar-refractivity contribution in [3.63, 3.8) is 0 Å². The molecule has 4 aromatic rings. The van der Waals surface area contributed by atoms with Crippen LogP contribution >= 0.6 is 15.2 Å². The van der Waals surface area contributed by atoms with E-state index in [4.69, 9.17) is 49.8 Å². The maximum Gasteiger partial charge on any atom is 0.353 e. The van der Waals surface area contributed by atoms with Gasteiger partial charge in [-0.15, -0.1) is 0 Å². The molecular formula is C54H102N10O11P2. The van der Waals surface area contributed by atoms with Crippen molar-refractivity contribution in [3.8, 4) is 0 Å². The van der Waals surface area contributed by atoms with Crippen molar-refractivity contribution in [1.29, 1.82) is 0 Å². The van der Waals surface area contributed by atoms with E-state index < -0.39 is 21.5 Å². The number of fused-ring (bicyclic) bond motifs is 2. The summed E-state index contributed by atoms with van der Waals surface area (Å²) in [6, 6.07) is 0. The van der Waals surface area contributed by atoms with E-state index in [-0.39, 0.29) is 38.6 Å². The number of ether oxygens (including phenoxy) is 4. The number of anilines is 2. The fraction of sp³-hybridized carbons (Fsp3) is 0.815. The van der Waals surface area contributed by atoms with Crippen LogP contribution in [0.5, 0.6) is 0 Å². The average molecular weight is 1130 g/mol. The minimum atomic E-state index is -4.12. The van der Waals surface area contributed by atoms with Gasteiger partial charge in [-0.2, -0.15) is 0 Å². The third-order valence-corrected chi connectivity index (χ3v) is 14.4. The quantitative estimate of drug-likeness (QED) is 0.0177. The predicted molar refractivity (Wildman–Crippen MR) is 308 cm³/mol. The maximum atomic E-state index is 12.1. The third kappa shape index (κ3) is 37.4. The van der Waals surface area contributed by atoms with E-state index >= 15 is 0 Å². The predicted octanol–water partition coefficient (Wildman–Crippen LogP) is 11.9. The summed E-state index contributed by atoms with van der Waals surface area (Å²) in [4.78, 5) is 51.3. The number of nitrogens with two attached hydrogens (primary N) is 2. The second kappa shape index (κ2) is 46.5. The summed E-state index contributed by atoms with van der Waals surface area (Å²) in [5.74, 6) is 0.599. The van der Waals surface area contributed by atoms with Crippen molar-refractivity contribution in [2.24, 2.45) is 0 Å². The fourth-order valence-electron chi connectivity index (χ4n) is 8.39. The van der Waals surface area contributed by atoms with E-state index in [0.717, 1.165) is 32.7 Å². The minimum absolute atomic E-state index is 0.139. The van der Waals surface area contributed by atoms with Gasteiger partial charge in [-0.05, 0) is 25.7 Å². The monoisotopic (exact) mass is 1130 g/mol. The Kier molecular flexibility index (Phi) is 42.3. The first-order chi connectivity index (χ1) is 37.4. The molecule has 1 unspecified atom stereocenters. The first-order valence-corrected chi connectivity index (χ1v) is 32.7. The van der Waals surface area contributed by atoms with Gasteiger partial charge in [0.25, 0.3) is 0 Å². The molecule has 0 radical (unpaired) electrons. The van der Waals surface area contributed by atoms with Crippen LogP contribution in [-0.4, -0.2) is 124 Å². The van der Waals surface area contributed by atoms with Crippen molar-refractivity contribution in [3.05, 3.63) is 25.3 Å². The Morgan fingerprint density at radius 3 is 1.16 bits per heavy atom. The molecule has 21 nitrogen and oxygen atoms in total. The second-order valence-corrected chi connectivity index (χ2v) is 23.2. The number of nitrogens with zero attached hydrogens (tertiary/aromatic N) is 8. The fourth-order valence-corrected chi connectivity index (χ4v) is 9.60. The van der Waals surface area contributed by atoms with Gasteiger partial charge in [0.2, 0.25) is 0 Å². The second-order valence-electron chi connectivity index (χ2n) is 19.8. The Hall–Kier alpha value is -3.20. The van der Waals surface area contributed by atoms with Crippen LogP contribution in [0.2, 0.25) is 0 Å². The van der Waals surface area contributed by atoms with Gasteiger partial charge in [-0.1, -0.05) is 181 Å². The normalized spacial score (nSPS) is 12.4. The summed E-state index contributed by atoms with van der Waals surface area (Å²) < 4.78 is 52.5. The van der Waals surface area contributed by atoms with Gasteiger partial charge in [0, 0.05) is 46.1 Å².